The standard InChI is InChI=1S/C28H49N3O4/c1-8-35-28(34)21(6)18-24(19(2)3)30(7)27(33)25(22-14-10-9-11-15-22)29-26(32)23-16-12-13-17-31(23)20(4)5/h18-20,22-25H,8-17H2,1-7H3,(H,29,32)/b21-18+/t23-,24-,25?/m1/s1. The molecule has 1 saturated carbocycles. The molecule has 2 fully saturated rings. The second-order valence-electron chi connectivity index (χ2n) is 11.0. The van der Waals surface area contributed by atoms with Gasteiger partial charge in [-0.15, -0.1) is 0 Å². The third-order valence-corrected chi connectivity index (χ3v) is 7.69. The highest BCUT2D eigenvalue weighted by atomic mass is 16.5. The Morgan fingerprint density at radius 3 is 2.23 bits per heavy atom. The van der Waals surface area contributed by atoms with Gasteiger partial charge in [0.05, 0.1) is 18.7 Å². The Balaban J connectivity index is 2.28. The Bertz CT molecular complexity index is 742. The highest BCUT2D eigenvalue weighted by Crippen LogP contribution is 2.29. The summed E-state index contributed by atoms with van der Waals surface area (Å²) in [5.74, 6) is -0.200. The smallest absolute Gasteiger partial charge is 0.333 e. The number of likely N-dealkylation sites (N-methyl/N-ethyl adjacent to an activating group) is 1. The summed E-state index contributed by atoms with van der Waals surface area (Å²) in [5, 5.41) is 3.23. The van der Waals surface area contributed by atoms with Crippen molar-refractivity contribution in [2.45, 2.75) is 117 Å². The fraction of sp³-hybridized carbons (Fsp3) is 0.821. The molecule has 7 nitrogen and oxygen atoms in total. The zero-order valence-electron chi connectivity index (χ0n) is 23.1. The summed E-state index contributed by atoms with van der Waals surface area (Å²) >= 11 is 0. The van der Waals surface area contributed by atoms with Gasteiger partial charge in [-0.1, -0.05) is 45.6 Å². The average Bonchev–Trinajstić information content (AvgIpc) is 2.85. The van der Waals surface area contributed by atoms with E-state index in [0.29, 0.717) is 18.2 Å². The molecule has 35 heavy (non-hydrogen) atoms. The van der Waals surface area contributed by atoms with E-state index in [2.05, 4.69) is 24.1 Å². The van der Waals surface area contributed by atoms with Gasteiger partial charge in [-0.25, -0.2) is 4.79 Å². The number of carbonyl (C=O) groups is 3. The summed E-state index contributed by atoms with van der Waals surface area (Å²) in [6.45, 7) is 13.1. The first kappa shape index (κ1) is 29.3. The molecule has 3 atom stereocenters. The van der Waals surface area contributed by atoms with E-state index < -0.39 is 6.04 Å². The molecule has 1 aliphatic carbocycles. The highest BCUT2D eigenvalue weighted by Gasteiger charge is 2.38. The van der Waals surface area contributed by atoms with Gasteiger partial charge in [-0.05, 0) is 71.8 Å². The Hall–Kier alpha value is -1.89. The third kappa shape index (κ3) is 8.06. The third-order valence-electron chi connectivity index (χ3n) is 7.69. The predicted molar refractivity (Wildman–Crippen MR) is 140 cm³/mol. The van der Waals surface area contributed by atoms with Crippen LogP contribution in [0, 0.1) is 11.8 Å². The average molecular weight is 492 g/mol. The molecule has 0 radical (unpaired) electrons. The van der Waals surface area contributed by atoms with E-state index in [1.165, 1.54) is 6.42 Å². The van der Waals surface area contributed by atoms with Crippen molar-refractivity contribution in [3.8, 4) is 0 Å². The largest absolute Gasteiger partial charge is 0.463 e. The summed E-state index contributed by atoms with van der Waals surface area (Å²) in [4.78, 5) is 43.7. The van der Waals surface area contributed by atoms with Crippen molar-refractivity contribution in [1.82, 2.24) is 15.1 Å². The molecular formula is C28H49N3O4. The van der Waals surface area contributed by atoms with Crippen LogP contribution in [0.3, 0.4) is 0 Å². The van der Waals surface area contributed by atoms with Gasteiger partial charge in [0.2, 0.25) is 11.8 Å². The molecule has 1 aliphatic heterocycles. The normalized spacial score (nSPS) is 22.1. The molecule has 7 heteroatoms. The van der Waals surface area contributed by atoms with Crippen molar-refractivity contribution < 1.29 is 19.1 Å². The van der Waals surface area contributed by atoms with Crippen molar-refractivity contribution in [2.75, 3.05) is 20.2 Å². The molecule has 0 aromatic heterocycles. The molecule has 0 spiro atoms. The second-order valence-corrected chi connectivity index (χ2v) is 11.0. The van der Waals surface area contributed by atoms with Gasteiger partial charge in [-0.3, -0.25) is 14.5 Å². The van der Waals surface area contributed by atoms with E-state index in [-0.39, 0.29) is 41.7 Å². The van der Waals surface area contributed by atoms with Crippen molar-refractivity contribution in [3.05, 3.63) is 11.6 Å². The van der Waals surface area contributed by atoms with Gasteiger partial charge in [0, 0.05) is 18.7 Å². The Labute approximate surface area is 213 Å². The highest BCUT2D eigenvalue weighted by molar-refractivity contribution is 5.91. The second kappa shape index (κ2) is 14.0. The predicted octanol–water partition coefficient (Wildman–Crippen LogP) is 4.31. The summed E-state index contributed by atoms with van der Waals surface area (Å²) in [6, 6.07) is -0.698. The number of rotatable bonds is 10. The molecule has 1 saturated heterocycles. The van der Waals surface area contributed by atoms with Crippen LogP contribution in [0.2, 0.25) is 0 Å². The lowest BCUT2D eigenvalue weighted by molar-refractivity contribution is -0.141. The number of hydrogen-bond acceptors (Lipinski definition) is 5. The number of likely N-dealkylation sites (tertiary alicyclic amines) is 1. The topological polar surface area (TPSA) is 79.0 Å². The quantitative estimate of drug-likeness (QED) is 0.364. The van der Waals surface area contributed by atoms with Gasteiger partial charge in [-0.2, -0.15) is 0 Å². The van der Waals surface area contributed by atoms with Crippen molar-refractivity contribution in [3.63, 3.8) is 0 Å². The minimum Gasteiger partial charge on any atom is -0.463 e. The first-order valence-electron chi connectivity index (χ1n) is 13.8. The molecule has 1 heterocycles. The number of amides is 2. The lowest BCUT2D eigenvalue weighted by Gasteiger charge is -2.40. The van der Waals surface area contributed by atoms with Gasteiger partial charge in [0.15, 0.2) is 0 Å². The van der Waals surface area contributed by atoms with Crippen LogP contribution >= 0.6 is 0 Å². The zero-order chi connectivity index (χ0) is 26.1. The van der Waals surface area contributed by atoms with E-state index in [1.807, 2.05) is 19.9 Å². The maximum Gasteiger partial charge on any atom is 0.333 e. The lowest BCUT2D eigenvalue weighted by atomic mass is 9.82. The number of hydrogen-bond donors (Lipinski definition) is 1. The fourth-order valence-corrected chi connectivity index (χ4v) is 5.64. The zero-order valence-corrected chi connectivity index (χ0v) is 23.1. The Morgan fingerprint density at radius 2 is 1.66 bits per heavy atom. The maximum absolute atomic E-state index is 14.0. The van der Waals surface area contributed by atoms with Gasteiger partial charge >= 0.3 is 5.97 Å². The maximum atomic E-state index is 14.0. The fourth-order valence-electron chi connectivity index (χ4n) is 5.64. The minimum absolute atomic E-state index is 0.0185. The van der Waals surface area contributed by atoms with E-state index >= 15 is 0 Å². The number of carbonyl (C=O) groups excluding carboxylic acids is 3. The van der Waals surface area contributed by atoms with Gasteiger partial charge < -0.3 is 15.0 Å². The molecule has 0 aromatic rings. The van der Waals surface area contributed by atoms with Crippen LogP contribution in [0.25, 0.3) is 0 Å². The molecule has 0 bridgehead atoms. The van der Waals surface area contributed by atoms with Crippen LogP contribution in [0.4, 0.5) is 0 Å². The summed E-state index contributed by atoms with van der Waals surface area (Å²) in [5.41, 5.74) is 0.498. The first-order chi connectivity index (χ1) is 16.6. The van der Waals surface area contributed by atoms with Gasteiger partial charge in [0.1, 0.15) is 6.04 Å². The van der Waals surface area contributed by atoms with Gasteiger partial charge in [0.25, 0.3) is 0 Å². The van der Waals surface area contributed by atoms with E-state index in [0.717, 1.165) is 51.5 Å². The van der Waals surface area contributed by atoms with E-state index in [9.17, 15) is 14.4 Å². The molecular weight excluding hydrogens is 442 g/mol. The van der Waals surface area contributed by atoms with Crippen molar-refractivity contribution in [1.29, 1.82) is 0 Å². The number of piperidine rings is 1. The van der Waals surface area contributed by atoms with E-state index in [4.69, 9.17) is 4.74 Å². The van der Waals surface area contributed by atoms with Crippen LogP contribution in [0.1, 0.15) is 92.9 Å². The number of nitrogens with one attached hydrogen (secondary N) is 1. The molecule has 2 aliphatic rings. The summed E-state index contributed by atoms with van der Waals surface area (Å²) in [6.07, 6.45) is 10.1. The minimum atomic E-state index is -0.540. The van der Waals surface area contributed by atoms with Crippen LogP contribution in [0.15, 0.2) is 11.6 Å². The molecule has 1 N–H and O–H groups in total. The number of nitrogens with zero attached hydrogens (tertiary/aromatic N) is 2. The van der Waals surface area contributed by atoms with Crippen LogP contribution in [-0.4, -0.2) is 72.0 Å². The van der Waals surface area contributed by atoms with Crippen LogP contribution in [-0.2, 0) is 19.1 Å². The van der Waals surface area contributed by atoms with Crippen LogP contribution in [0.5, 0.6) is 0 Å². The van der Waals surface area contributed by atoms with Crippen molar-refractivity contribution in [2.24, 2.45) is 11.8 Å². The lowest BCUT2D eigenvalue weighted by Crippen LogP contribution is -2.59. The Kier molecular flexibility index (Phi) is 11.7. The summed E-state index contributed by atoms with van der Waals surface area (Å²) in [7, 11) is 1.80. The van der Waals surface area contributed by atoms with E-state index in [1.54, 1.807) is 25.8 Å². The molecule has 200 valence electrons. The molecule has 2 amide bonds. The SMILES string of the molecule is CCOC(=O)/C(C)=C/[C@H](C(C)C)N(C)C(=O)C(NC(=O)[C@H]1CCCCN1C(C)C)C1CCCCC1. The summed E-state index contributed by atoms with van der Waals surface area (Å²) < 4.78 is 5.14. The first-order valence-corrected chi connectivity index (χ1v) is 13.8. The van der Waals surface area contributed by atoms with Crippen LogP contribution < -0.4 is 5.32 Å². The monoisotopic (exact) mass is 491 g/mol. The molecule has 1 unspecified atom stereocenters. The van der Waals surface area contributed by atoms with Crippen molar-refractivity contribution >= 4 is 17.8 Å². The number of ether oxygens (including phenoxy) is 1. The molecule has 0 aromatic carbocycles. The number of esters is 1. The molecule has 2 rings (SSSR count). The Morgan fingerprint density at radius 1 is 1.03 bits per heavy atom.